The summed E-state index contributed by atoms with van der Waals surface area (Å²) >= 11 is 7.20. The maximum absolute atomic E-state index is 5.98. The van der Waals surface area contributed by atoms with Crippen molar-refractivity contribution in [1.29, 1.82) is 0 Å². The normalized spacial score (nSPS) is 12.7. The Kier molecular flexibility index (Phi) is 3.30. The van der Waals surface area contributed by atoms with E-state index in [9.17, 15) is 0 Å². The molecule has 0 aliphatic heterocycles. The van der Waals surface area contributed by atoms with E-state index in [0.717, 1.165) is 22.7 Å². The predicted octanol–water partition coefficient (Wildman–Crippen LogP) is 2.43. The van der Waals surface area contributed by atoms with Crippen LogP contribution in [-0.2, 0) is 6.42 Å². The molecule has 1 heterocycles. The third-order valence-corrected chi connectivity index (χ3v) is 2.86. The highest BCUT2D eigenvalue weighted by Crippen LogP contribution is 2.17. The van der Waals surface area contributed by atoms with Crippen LogP contribution in [-0.4, -0.2) is 9.59 Å². The zero-order valence-corrected chi connectivity index (χ0v) is 9.50. The van der Waals surface area contributed by atoms with E-state index in [-0.39, 0.29) is 6.04 Å². The average molecular weight is 240 g/mol. The molecule has 0 radical (unpaired) electrons. The van der Waals surface area contributed by atoms with Gasteiger partial charge in [0.1, 0.15) is 0 Å². The van der Waals surface area contributed by atoms with Gasteiger partial charge in [-0.3, -0.25) is 0 Å². The molecular weight excluding hydrogens is 230 g/mol. The van der Waals surface area contributed by atoms with Crippen molar-refractivity contribution in [3.05, 3.63) is 45.9 Å². The quantitative estimate of drug-likeness (QED) is 0.895. The first-order valence-electron chi connectivity index (χ1n) is 4.52. The third kappa shape index (κ3) is 2.75. The first-order chi connectivity index (χ1) is 7.25. The molecule has 0 aliphatic carbocycles. The average Bonchev–Trinajstić information content (AvgIpc) is 2.70. The van der Waals surface area contributed by atoms with Gasteiger partial charge in [0.15, 0.2) is 0 Å². The van der Waals surface area contributed by atoms with Gasteiger partial charge in [0, 0.05) is 10.4 Å². The van der Waals surface area contributed by atoms with Gasteiger partial charge in [0.25, 0.3) is 0 Å². The Bertz CT molecular complexity index is 430. The number of hydrogen-bond donors (Lipinski definition) is 1. The first kappa shape index (κ1) is 10.5. The summed E-state index contributed by atoms with van der Waals surface area (Å²) in [4.78, 5) is 0. The molecule has 0 spiro atoms. The van der Waals surface area contributed by atoms with E-state index in [1.165, 1.54) is 11.5 Å². The maximum Gasteiger partial charge on any atom is 0.0925 e. The summed E-state index contributed by atoms with van der Waals surface area (Å²) < 4.78 is 3.79. The highest BCUT2D eigenvalue weighted by Gasteiger charge is 2.09. The Labute approximate surface area is 97.1 Å². The smallest absolute Gasteiger partial charge is 0.0925 e. The van der Waals surface area contributed by atoms with E-state index in [4.69, 9.17) is 17.3 Å². The molecule has 15 heavy (non-hydrogen) atoms. The number of nitrogens with two attached hydrogens (primary N) is 1. The summed E-state index contributed by atoms with van der Waals surface area (Å²) in [5, 5.41) is 6.55. The molecule has 1 unspecified atom stereocenters. The monoisotopic (exact) mass is 239 g/mol. The number of nitrogens with zero attached hydrogens (tertiary/aromatic N) is 2. The van der Waals surface area contributed by atoms with Crippen molar-refractivity contribution in [2.75, 3.05) is 0 Å². The molecule has 78 valence electrons. The zero-order chi connectivity index (χ0) is 10.7. The number of halogens is 1. The fourth-order valence-electron chi connectivity index (χ4n) is 1.36. The molecule has 2 aromatic rings. The summed E-state index contributed by atoms with van der Waals surface area (Å²) in [5.74, 6) is 0. The van der Waals surface area contributed by atoms with E-state index >= 15 is 0 Å². The van der Waals surface area contributed by atoms with Crippen molar-refractivity contribution in [3.8, 4) is 0 Å². The number of benzene rings is 1. The summed E-state index contributed by atoms with van der Waals surface area (Å²) in [6.45, 7) is 0. The second kappa shape index (κ2) is 4.70. The Morgan fingerprint density at radius 2 is 2.33 bits per heavy atom. The van der Waals surface area contributed by atoms with Gasteiger partial charge < -0.3 is 5.73 Å². The second-order valence-electron chi connectivity index (χ2n) is 3.27. The van der Waals surface area contributed by atoms with Crippen LogP contribution in [0.2, 0.25) is 5.02 Å². The Hall–Kier alpha value is -0.970. The molecule has 3 nitrogen and oxygen atoms in total. The molecule has 1 atom stereocenters. The highest BCUT2D eigenvalue weighted by molar-refractivity contribution is 7.03. The molecule has 0 amide bonds. The lowest BCUT2D eigenvalue weighted by Crippen LogP contribution is -2.13. The molecule has 0 fully saturated rings. The maximum atomic E-state index is 5.98. The molecule has 2 N–H and O–H groups in total. The fraction of sp³-hybridized carbons (Fsp3) is 0.200. The zero-order valence-electron chi connectivity index (χ0n) is 7.93. The number of aromatic nitrogens is 2. The summed E-state index contributed by atoms with van der Waals surface area (Å²) in [7, 11) is 0. The summed E-state index contributed by atoms with van der Waals surface area (Å²) in [6.07, 6.45) is 0.728. The van der Waals surface area contributed by atoms with E-state index in [2.05, 4.69) is 9.59 Å². The minimum Gasteiger partial charge on any atom is -0.322 e. The van der Waals surface area contributed by atoms with Crippen LogP contribution in [0.4, 0.5) is 0 Å². The molecule has 0 aliphatic rings. The SMILES string of the molecule is NC(Cc1cccc(Cl)c1)c1csnn1. The van der Waals surface area contributed by atoms with Crippen LogP contribution >= 0.6 is 23.1 Å². The summed E-state index contributed by atoms with van der Waals surface area (Å²) in [6, 6.07) is 7.58. The van der Waals surface area contributed by atoms with Crippen LogP contribution in [0.1, 0.15) is 17.3 Å². The van der Waals surface area contributed by atoms with Gasteiger partial charge in [0.05, 0.1) is 11.7 Å². The van der Waals surface area contributed by atoms with Gasteiger partial charge in [-0.25, -0.2) is 0 Å². The van der Waals surface area contributed by atoms with Gasteiger partial charge >= 0.3 is 0 Å². The Morgan fingerprint density at radius 1 is 1.47 bits per heavy atom. The molecule has 5 heteroatoms. The minimum atomic E-state index is -0.109. The highest BCUT2D eigenvalue weighted by atomic mass is 35.5. The molecular formula is C10H10ClN3S. The molecule has 0 saturated heterocycles. The minimum absolute atomic E-state index is 0.109. The van der Waals surface area contributed by atoms with E-state index < -0.39 is 0 Å². The largest absolute Gasteiger partial charge is 0.322 e. The Morgan fingerprint density at radius 3 is 3.00 bits per heavy atom. The topological polar surface area (TPSA) is 51.8 Å². The molecule has 2 rings (SSSR count). The standard InChI is InChI=1S/C10H10ClN3S/c11-8-3-1-2-7(4-8)5-9(12)10-6-15-14-13-10/h1-4,6,9H,5,12H2. The Balaban J connectivity index is 2.09. The molecule has 1 aromatic heterocycles. The van der Waals surface area contributed by atoms with Gasteiger partial charge in [-0.1, -0.05) is 28.2 Å². The van der Waals surface area contributed by atoms with E-state index in [1.54, 1.807) is 0 Å². The van der Waals surface area contributed by atoms with Crippen LogP contribution in [0.5, 0.6) is 0 Å². The van der Waals surface area contributed by atoms with Gasteiger partial charge in [-0.2, -0.15) is 0 Å². The van der Waals surface area contributed by atoms with Crippen molar-refractivity contribution in [1.82, 2.24) is 9.59 Å². The van der Waals surface area contributed by atoms with Crippen molar-refractivity contribution in [3.63, 3.8) is 0 Å². The van der Waals surface area contributed by atoms with Crippen LogP contribution in [0.3, 0.4) is 0 Å². The van der Waals surface area contributed by atoms with Crippen molar-refractivity contribution in [2.24, 2.45) is 5.73 Å². The first-order valence-corrected chi connectivity index (χ1v) is 5.74. The summed E-state index contributed by atoms with van der Waals surface area (Å²) in [5.41, 5.74) is 7.93. The van der Waals surface area contributed by atoms with Gasteiger partial charge in [-0.05, 0) is 35.6 Å². The molecule has 0 saturated carbocycles. The second-order valence-corrected chi connectivity index (χ2v) is 4.32. The van der Waals surface area contributed by atoms with Crippen LogP contribution in [0, 0.1) is 0 Å². The lowest BCUT2D eigenvalue weighted by Gasteiger charge is -2.08. The number of rotatable bonds is 3. The van der Waals surface area contributed by atoms with Gasteiger partial charge in [-0.15, -0.1) is 5.10 Å². The lowest BCUT2D eigenvalue weighted by molar-refractivity contribution is 0.692. The van der Waals surface area contributed by atoms with Crippen molar-refractivity contribution < 1.29 is 0 Å². The van der Waals surface area contributed by atoms with Crippen molar-refractivity contribution >= 4 is 23.1 Å². The lowest BCUT2D eigenvalue weighted by atomic mass is 10.1. The van der Waals surface area contributed by atoms with E-state index in [1.807, 2.05) is 29.6 Å². The predicted molar refractivity (Wildman–Crippen MR) is 62.0 cm³/mol. The van der Waals surface area contributed by atoms with Gasteiger partial charge in [0.2, 0.25) is 0 Å². The fourth-order valence-corrected chi connectivity index (χ4v) is 2.09. The molecule has 0 bridgehead atoms. The van der Waals surface area contributed by atoms with Crippen LogP contribution in [0.15, 0.2) is 29.6 Å². The third-order valence-electron chi connectivity index (χ3n) is 2.10. The number of hydrogen-bond acceptors (Lipinski definition) is 4. The van der Waals surface area contributed by atoms with Crippen molar-refractivity contribution in [2.45, 2.75) is 12.5 Å². The van der Waals surface area contributed by atoms with Crippen LogP contribution < -0.4 is 5.73 Å². The molecule has 1 aromatic carbocycles. The van der Waals surface area contributed by atoms with Crippen LogP contribution in [0.25, 0.3) is 0 Å². The van der Waals surface area contributed by atoms with E-state index in [0.29, 0.717) is 0 Å².